The highest BCUT2D eigenvalue weighted by atomic mass is 19.4. The number of hydrogen-bond donors (Lipinski definition) is 1. The molecule has 1 heterocycles. The first kappa shape index (κ1) is 14.3. The topological polar surface area (TPSA) is 23.5 Å². The number of likely N-dealkylation sites (tertiary alicyclic amines) is 1. The van der Waals surface area contributed by atoms with Gasteiger partial charge in [-0.2, -0.15) is 13.2 Å². The van der Waals surface area contributed by atoms with Crippen molar-refractivity contribution in [3.05, 3.63) is 35.4 Å². The SMILES string of the molecule is OCCCN1CC[C@H](c2cccc(C(F)(F)F)c2)C1. The number of nitrogens with zero attached hydrogens (tertiary/aromatic N) is 1. The Bertz CT molecular complexity index is 419. The minimum Gasteiger partial charge on any atom is -0.396 e. The van der Waals surface area contributed by atoms with Gasteiger partial charge in [-0.15, -0.1) is 0 Å². The van der Waals surface area contributed by atoms with E-state index in [0.717, 1.165) is 44.1 Å². The first-order valence-corrected chi connectivity index (χ1v) is 6.51. The number of hydrogen-bond acceptors (Lipinski definition) is 2. The van der Waals surface area contributed by atoms with Crippen LogP contribution in [-0.2, 0) is 6.18 Å². The smallest absolute Gasteiger partial charge is 0.396 e. The Hall–Kier alpha value is -1.07. The summed E-state index contributed by atoms with van der Waals surface area (Å²) in [6, 6.07) is 5.63. The van der Waals surface area contributed by atoms with E-state index in [1.807, 2.05) is 0 Å². The van der Waals surface area contributed by atoms with Crippen LogP contribution >= 0.6 is 0 Å². The van der Waals surface area contributed by atoms with Gasteiger partial charge in [0.05, 0.1) is 5.56 Å². The van der Waals surface area contributed by atoms with Crippen molar-refractivity contribution >= 4 is 0 Å². The van der Waals surface area contributed by atoms with E-state index in [9.17, 15) is 13.2 Å². The van der Waals surface area contributed by atoms with Crippen molar-refractivity contribution in [1.29, 1.82) is 0 Å². The molecule has 0 aliphatic carbocycles. The average Bonchev–Trinajstić information content (AvgIpc) is 2.84. The van der Waals surface area contributed by atoms with Crippen LogP contribution in [0.1, 0.15) is 29.9 Å². The van der Waals surface area contributed by atoms with Crippen molar-refractivity contribution in [2.45, 2.75) is 24.9 Å². The third-order valence-electron chi connectivity index (χ3n) is 3.59. The van der Waals surface area contributed by atoms with Crippen molar-refractivity contribution in [2.75, 3.05) is 26.2 Å². The van der Waals surface area contributed by atoms with Crippen LogP contribution in [0.3, 0.4) is 0 Å². The van der Waals surface area contributed by atoms with Crippen LogP contribution in [0.25, 0.3) is 0 Å². The quantitative estimate of drug-likeness (QED) is 0.912. The summed E-state index contributed by atoms with van der Waals surface area (Å²) in [4.78, 5) is 2.20. The minimum atomic E-state index is -4.27. The average molecular weight is 273 g/mol. The Balaban J connectivity index is 2.03. The van der Waals surface area contributed by atoms with Crippen molar-refractivity contribution in [1.82, 2.24) is 4.90 Å². The predicted octanol–water partition coefficient (Wildman–Crippen LogP) is 2.88. The number of alkyl halides is 3. The molecule has 106 valence electrons. The van der Waals surface area contributed by atoms with Gasteiger partial charge in [0.15, 0.2) is 0 Å². The predicted molar refractivity (Wildman–Crippen MR) is 66.9 cm³/mol. The molecule has 0 saturated carbocycles. The van der Waals surface area contributed by atoms with Crippen molar-refractivity contribution in [2.24, 2.45) is 0 Å². The molecule has 1 aromatic carbocycles. The van der Waals surface area contributed by atoms with Crippen LogP contribution < -0.4 is 0 Å². The maximum atomic E-state index is 12.7. The molecule has 1 aliphatic rings. The van der Waals surface area contributed by atoms with Crippen LogP contribution in [0, 0.1) is 0 Å². The van der Waals surface area contributed by atoms with Gasteiger partial charge in [0.2, 0.25) is 0 Å². The second-order valence-corrected chi connectivity index (χ2v) is 4.99. The summed E-state index contributed by atoms with van der Waals surface area (Å²) in [6.07, 6.45) is -2.67. The Morgan fingerprint density at radius 3 is 2.79 bits per heavy atom. The summed E-state index contributed by atoms with van der Waals surface area (Å²) >= 11 is 0. The maximum Gasteiger partial charge on any atom is 0.416 e. The van der Waals surface area contributed by atoms with Crippen LogP contribution in [0.5, 0.6) is 0 Å². The van der Waals surface area contributed by atoms with Gasteiger partial charge in [0.1, 0.15) is 0 Å². The molecule has 19 heavy (non-hydrogen) atoms. The lowest BCUT2D eigenvalue weighted by atomic mass is 9.96. The summed E-state index contributed by atoms with van der Waals surface area (Å²) < 4.78 is 38.0. The number of benzene rings is 1. The molecule has 5 heteroatoms. The third-order valence-corrected chi connectivity index (χ3v) is 3.59. The molecule has 0 unspecified atom stereocenters. The van der Waals surface area contributed by atoms with Gasteiger partial charge in [-0.3, -0.25) is 0 Å². The molecule has 1 saturated heterocycles. The highest BCUT2D eigenvalue weighted by Gasteiger charge is 2.31. The molecule has 0 aromatic heterocycles. The summed E-state index contributed by atoms with van der Waals surface area (Å²) in [7, 11) is 0. The molecule has 1 aromatic rings. The number of aliphatic hydroxyl groups excluding tert-OH is 1. The zero-order chi connectivity index (χ0) is 13.9. The zero-order valence-corrected chi connectivity index (χ0v) is 10.7. The van der Waals surface area contributed by atoms with Crippen molar-refractivity contribution in [3.8, 4) is 0 Å². The van der Waals surface area contributed by atoms with Gasteiger partial charge in [-0.25, -0.2) is 0 Å². The summed E-state index contributed by atoms with van der Waals surface area (Å²) in [5.41, 5.74) is 0.195. The van der Waals surface area contributed by atoms with E-state index in [-0.39, 0.29) is 12.5 Å². The van der Waals surface area contributed by atoms with Gasteiger partial charge in [0.25, 0.3) is 0 Å². The van der Waals surface area contributed by atoms with E-state index < -0.39 is 11.7 Å². The lowest BCUT2D eigenvalue weighted by molar-refractivity contribution is -0.137. The highest BCUT2D eigenvalue weighted by Crippen LogP contribution is 2.33. The van der Waals surface area contributed by atoms with Gasteiger partial charge in [-0.05, 0) is 36.9 Å². The molecule has 0 bridgehead atoms. The van der Waals surface area contributed by atoms with E-state index in [0.29, 0.717) is 0 Å². The Morgan fingerprint density at radius 1 is 1.32 bits per heavy atom. The molecule has 1 aliphatic heterocycles. The third kappa shape index (κ3) is 3.70. The Labute approximate surface area is 110 Å². The van der Waals surface area contributed by atoms with E-state index in [1.165, 1.54) is 12.1 Å². The van der Waals surface area contributed by atoms with Gasteiger partial charge < -0.3 is 10.0 Å². The summed E-state index contributed by atoms with van der Waals surface area (Å²) in [6.45, 7) is 2.64. The van der Waals surface area contributed by atoms with E-state index in [1.54, 1.807) is 6.07 Å². The molecule has 1 fully saturated rings. The fourth-order valence-corrected chi connectivity index (χ4v) is 2.57. The fraction of sp³-hybridized carbons (Fsp3) is 0.571. The lowest BCUT2D eigenvalue weighted by Gasteiger charge is -2.16. The Morgan fingerprint density at radius 2 is 2.11 bits per heavy atom. The largest absolute Gasteiger partial charge is 0.416 e. The van der Waals surface area contributed by atoms with Crippen LogP contribution in [0.15, 0.2) is 24.3 Å². The molecule has 0 spiro atoms. The number of rotatable bonds is 4. The zero-order valence-electron chi connectivity index (χ0n) is 10.7. The fourth-order valence-electron chi connectivity index (χ4n) is 2.57. The molecule has 2 nitrogen and oxygen atoms in total. The van der Waals surface area contributed by atoms with Crippen LogP contribution in [0.4, 0.5) is 13.2 Å². The summed E-state index contributed by atoms with van der Waals surface area (Å²) in [5, 5.41) is 8.78. The molecule has 0 amide bonds. The monoisotopic (exact) mass is 273 g/mol. The van der Waals surface area contributed by atoms with Crippen molar-refractivity contribution in [3.63, 3.8) is 0 Å². The second-order valence-electron chi connectivity index (χ2n) is 4.99. The van der Waals surface area contributed by atoms with Crippen molar-refractivity contribution < 1.29 is 18.3 Å². The van der Waals surface area contributed by atoms with Gasteiger partial charge in [0, 0.05) is 19.7 Å². The van der Waals surface area contributed by atoms with E-state index >= 15 is 0 Å². The number of halogens is 3. The van der Waals surface area contributed by atoms with E-state index in [2.05, 4.69) is 4.90 Å². The minimum absolute atomic E-state index is 0.157. The number of aliphatic hydroxyl groups is 1. The summed E-state index contributed by atoms with van der Waals surface area (Å²) in [5.74, 6) is 0.168. The molecule has 0 radical (unpaired) electrons. The first-order valence-electron chi connectivity index (χ1n) is 6.51. The van der Waals surface area contributed by atoms with Gasteiger partial charge >= 0.3 is 6.18 Å². The second kappa shape index (κ2) is 5.92. The standard InChI is InChI=1S/C14H18F3NO/c15-14(16,17)13-4-1-3-11(9-13)12-5-7-18(10-12)6-2-8-19/h1,3-4,9,12,19H,2,5-8,10H2/t12-/m0/s1. The molecular formula is C14H18F3NO. The van der Waals surface area contributed by atoms with Crippen LogP contribution in [-0.4, -0.2) is 36.2 Å². The molecule has 1 atom stereocenters. The maximum absolute atomic E-state index is 12.7. The first-order chi connectivity index (χ1) is 9.00. The van der Waals surface area contributed by atoms with E-state index in [4.69, 9.17) is 5.11 Å². The molecule has 2 rings (SSSR count). The lowest BCUT2D eigenvalue weighted by Crippen LogP contribution is -2.22. The molecule has 1 N–H and O–H groups in total. The Kier molecular flexibility index (Phi) is 4.47. The van der Waals surface area contributed by atoms with Gasteiger partial charge in [-0.1, -0.05) is 18.2 Å². The highest BCUT2D eigenvalue weighted by molar-refractivity contribution is 5.29. The normalized spacial score (nSPS) is 20.9. The van der Waals surface area contributed by atoms with Crippen LogP contribution in [0.2, 0.25) is 0 Å². The molecular weight excluding hydrogens is 255 g/mol.